The van der Waals surface area contributed by atoms with Gasteiger partial charge in [0.15, 0.2) is 0 Å². The van der Waals surface area contributed by atoms with Gasteiger partial charge >= 0.3 is 0 Å². The monoisotopic (exact) mass is 306 g/mol. The summed E-state index contributed by atoms with van der Waals surface area (Å²) in [6, 6.07) is 7.41. The molecule has 0 aromatic heterocycles. The number of hydrogen-bond donors (Lipinski definition) is 0. The van der Waals surface area contributed by atoms with Crippen LogP contribution in [0.15, 0.2) is 24.3 Å². The van der Waals surface area contributed by atoms with Crippen LogP contribution in [0.1, 0.15) is 25.8 Å². The van der Waals surface area contributed by atoms with Crippen LogP contribution in [0.3, 0.4) is 0 Å². The van der Waals surface area contributed by atoms with Crippen LogP contribution in [-0.4, -0.2) is 54.7 Å². The molecule has 0 saturated carbocycles. The largest absolute Gasteiger partial charge is 0.372 e. The Morgan fingerprint density at radius 2 is 2.00 bits per heavy atom. The molecule has 2 aliphatic rings. The maximum Gasteiger partial charge on any atom is 0.123 e. The molecule has 3 rings (SSSR count). The van der Waals surface area contributed by atoms with Crippen molar-refractivity contribution >= 4 is 0 Å². The summed E-state index contributed by atoms with van der Waals surface area (Å²) in [5, 5.41) is 0. The van der Waals surface area contributed by atoms with Gasteiger partial charge in [-0.2, -0.15) is 0 Å². The molecule has 2 heterocycles. The smallest absolute Gasteiger partial charge is 0.123 e. The van der Waals surface area contributed by atoms with Crippen molar-refractivity contribution in [2.45, 2.75) is 45.1 Å². The zero-order valence-corrected chi connectivity index (χ0v) is 13.8. The molecule has 0 N–H and O–H groups in total. The lowest BCUT2D eigenvalue weighted by molar-refractivity contribution is 0.0171. The quantitative estimate of drug-likeness (QED) is 0.832. The number of benzene rings is 1. The van der Waals surface area contributed by atoms with Crippen LogP contribution in [0.25, 0.3) is 0 Å². The van der Waals surface area contributed by atoms with E-state index >= 15 is 0 Å². The van der Waals surface area contributed by atoms with Crippen molar-refractivity contribution in [2.24, 2.45) is 5.92 Å². The van der Waals surface area contributed by atoms with E-state index < -0.39 is 0 Å². The molecule has 0 aliphatic carbocycles. The van der Waals surface area contributed by atoms with Crippen molar-refractivity contribution in [3.63, 3.8) is 0 Å². The van der Waals surface area contributed by atoms with Gasteiger partial charge in [0.05, 0.1) is 12.2 Å². The first-order chi connectivity index (χ1) is 10.5. The molecule has 1 aromatic rings. The van der Waals surface area contributed by atoms with Gasteiger partial charge < -0.3 is 9.64 Å². The Morgan fingerprint density at radius 3 is 2.64 bits per heavy atom. The SMILES string of the molecule is CC(C)N(C)C[C@@H]1C[C@H]2CN(Cc3ccc(F)cc3)C[C@H]2O1. The van der Waals surface area contributed by atoms with Crippen molar-refractivity contribution in [1.82, 2.24) is 9.80 Å². The van der Waals surface area contributed by atoms with E-state index in [-0.39, 0.29) is 5.82 Å². The van der Waals surface area contributed by atoms with Crippen molar-refractivity contribution < 1.29 is 9.13 Å². The third kappa shape index (κ3) is 3.67. The van der Waals surface area contributed by atoms with E-state index in [4.69, 9.17) is 4.74 Å². The maximum absolute atomic E-state index is 13.0. The van der Waals surface area contributed by atoms with E-state index in [1.54, 1.807) is 12.1 Å². The number of rotatable bonds is 5. The fraction of sp³-hybridized carbons (Fsp3) is 0.667. The van der Waals surface area contributed by atoms with E-state index in [1.165, 1.54) is 12.0 Å². The molecule has 3 nitrogen and oxygen atoms in total. The Hall–Kier alpha value is -0.970. The Kier molecular flexibility index (Phi) is 4.81. The summed E-state index contributed by atoms with van der Waals surface area (Å²) in [5.41, 5.74) is 1.18. The molecule has 0 radical (unpaired) electrons. The van der Waals surface area contributed by atoms with Gasteiger partial charge in [0.25, 0.3) is 0 Å². The summed E-state index contributed by atoms with van der Waals surface area (Å²) in [5.74, 6) is 0.494. The Labute approximate surface area is 133 Å². The first kappa shape index (κ1) is 15.9. The highest BCUT2D eigenvalue weighted by Gasteiger charge is 2.41. The second-order valence-corrected chi connectivity index (χ2v) is 7.15. The van der Waals surface area contributed by atoms with E-state index in [0.717, 1.165) is 26.2 Å². The van der Waals surface area contributed by atoms with Crippen LogP contribution in [0.2, 0.25) is 0 Å². The van der Waals surface area contributed by atoms with Crippen molar-refractivity contribution in [3.05, 3.63) is 35.6 Å². The summed E-state index contributed by atoms with van der Waals surface area (Å²) in [6.07, 6.45) is 1.93. The molecule has 122 valence electrons. The van der Waals surface area contributed by atoms with Gasteiger partial charge in [0.2, 0.25) is 0 Å². The molecular formula is C18H27FN2O. The summed E-state index contributed by atoms with van der Waals surface area (Å²) in [6.45, 7) is 8.48. The summed E-state index contributed by atoms with van der Waals surface area (Å²) < 4.78 is 19.2. The average Bonchev–Trinajstić information content (AvgIpc) is 2.99. The third-order valence-electron chi connectivity index (χ3n) is 5.08. The van der Waals surface area contributed by atoms with Gasteiger partial charge in [-0.25, -0.2) is 4.39 Å². The highest BCUT2D eigenvalue weighted by atomic mass is 19.1. The average molecular weight is 306 g/mol. The fourth-order valence-corrected chi connectivity index (χ4v) is 3.57. The van der Waals surface area contributed by atoms with Crippen molar-refractivity contribution in [2.75, 3.05) is 26.7 Å². The van der Waals surface area contributed by atoms with Gasteiger partial charge in [-0.05, 0) is 45.0 Å². The number of likely N-dealkylation sites (tertiary alicyclic amines) is 1. The molecule has 22 heavy (non-hydrogen) atoms. The number of likely N-dealkylation sites (N-methyl/N-ethyl adjacent to an activating group) is 1. The van der Waals surface area contributed by atoms with E-state index in [1.807, 2.05) is 12.1 Å². The number of fused-ring (bicyclic) bond motifs is 1. The summed E-state index contributed by atoms with van der Waals surface area (Å²) in [4.78, 5) is 4.80. The molecule has 4 heteroatoms. The second kappa shape index (κ2) is 6.65. The highest BCUT2D eigenvalue weighted by Crippen LogP contribution is 2.34. The van der Waals surface area contributed by atoms with Gasteiger partial charge in [-0.15, -0.1) is 0 Å². The predicted molar refractivity (Wildman–Crippen MR) is 86.2 cm³/mol. The lowest BCUT2D eigenvalue weighted by atomic mass is 10.0. The van der Waals surface area contributed by atoms with Gasteiger partial charge in [-0.1, -0.05) is 12.1 Å². The van der Waals surface area contributed by atoms with E-state index in [2.05, 4.69) is 30.7 Å². The van der Waals surface area contributed by atoms with Crippen LogP contribution < -0.4 is 0 Å². The van der Waals surface area contributed by atoms with Crippen LogP contribution in [0, 0.1) is 11.7 Å². The van der Waals surface area contributed by atoms with Gasteiger partial charge in [0, 0.05) is 38.1 Å². The molecule has 0 unspecified atom stereocenters. The molecule has 0 amide bonds. The molecule has 3 atom stereocenters. The normalized spacial score (nSPS) is 28.7. The highest BCUT2D eigenvalue weighted by molar-refractivity contribution is 5.16. The van der Waals surface area contributed by atoms with Crippen LogP contribution in [-0.2, 0) is 11.3 Å². The molecule has 1 aromatic carbocycles. The molecule has 2 aliphatic heterocycles. The molecule has 0 spiro atoms. The predicted octanol–water partition coefficient (Wildman–Crippen LogP) is 2.76. The second-order valence-electron chi connectivity index (χ2n) is 7.15. The zero-order valence-electron chi connectivity index (χ0n) is 13.8. The lowest BCUT2D eigenvalue weighted by Crippen LogP contribution is -2.35. The van der Waals surface area contributed by atoms with Crippen LogP contribution in [0.5, 0.6) is 0 Å². The standard InChI is InChI=1S/C18H27FN2O/c1-13(2)20(3)11-17-8-15-10-21(12-18(15)22-17)9-14-4-6-16(19)7-5-14/h4-7,13,15,17-18H,8-12H2,1-3H3/t15-,17-,18+/m0/s1. The summed E-state index contributed by atoms with van der Waals surface area (Å²) >= 11 is 0. The minimum Gasteiger partial charge on any atom is -0.372 e. The Bertz CT molecular complexity index is 476. The van der Waals surface area contributed by atoms with Crippen molar-refractivity contribution in [1.29, 1.82) is 0 Å². The number of hydrogen-bond acceptors (Lipinski definition) is 3. The fourth-order valence-electron chi connectivity index (χ4n) is 3.57. The maximum atomic E-state index is 13.0. The van der Waals surface area contributed by atoms with Crippen LogP contribution >= 0.6 is 0 Å². The van der Waals surface area contributed by atoms with Gasteiger partial charge in [-0.3, -0.25) is 4.90 Å². The van der Waals surface area contributed by atoms with Crippen LogP contribution in [0.4, 0.5) is 4.39 Å². The molecular weight excluding hydrogens is 279 g/mol. The summed E-state index contributed by atoms with van der Waals surface area (Å²) in [7, 11) is 2.17. The Morgan fingerprint density at radius 1 is 1.27 bits per heavy atom. The lowest BCUT2D eigenvalue weighted by Gasteiger charge is -2.25. The third-order valence-corrected chi connectivity index (χ3v) is 5.08. The number of ether oxygens (including phenoxy) is 1. The number of halogens is 1. The van der Waals surface area contributed by atoms with E-state index in [0.29, 0.717) is 24.2 Å². The first-order valence-electron chi connectivity index (χ1n) is 8.33. The molecule has 2 fully saturated rings. The topological polar surface area (TPSA) is 15.7 Å². The van der Waals surface area contributed by atoms with Crippen molar-refractivity contribution in [3.8, 4) is 0 Å². The Balaban J connectivity index is 1.48. The zero-order chi connectivity index (χ0) is 15.7. The van der Waals surface area contributed by atoms with Gasteiger partial charge in [0.1, 0.15) is 5.82 Å². The molecule has 0 bridgehead atoms. The number of nitrogens with zero attached hydrogens (tertiary/aromatic N) is 2. The van der Waals surface area contributed by atoms with E-state index in [9.17, 15) is 4.39 Å². The molecule has 2 saturated heterocycles. The minimum atomic E-state index is -0.164. The minimum absolute atomic E-state index is 0.164. The first-order valence-corrected chi connectivity index (χ1v) is 8.33.